The molecule has 2 aromatic rings. The third kappa shape index (κ3) is 2.42. The molecule has 0 spiro atoms. The van der Waals surface area contributed by atoms with Gasteiger partial charge in [0.25, 0.3) is 0 Å². The van der Waals surface area contributed by atoms with Gasteiger partial charge in [0.1, 0.15) is 0 Å². The third-order valence-electron chi connectivity index (χ3n) is 2.16. The monoisotopic (exact) mass is 248 g/mol. The molecular weight excluding hydrogens is 240 g/mol. The van der Waals surface area contributed by atoms with Gasteiger partial charge in [0, 0.05) is 11.8 Å². The zero-order valence-corrected chi connectivity index (χ0v) is 9.81. The Hall–Kier alpha value is -1.94. The van der Waals surface area contributed by atoms with Crippen LogP contribution >= 0.6 is 11.6 Å². The summed E-state index contributed by atoms with van der Waals surface area (Å²) >= 11 is 6.03. The Kier molecular flexibility index (Phi) is 3.35. The largest absolute Gasteiger partial charge is 0.464 e. The van der Waals surface area contributed by atoms with E-state index < -0.39 is 5.97 Å². The molecule has 2 rings (SSSR count). The molecule has 0 amide bonds. The smallest absolute Gasteiger partial charge is 0.356 e. The van der Waals surface area contributed by atoms with Crippen molar-refractivity contribution in [2.75, 3.05) is 7.11 Å². The molecule has 0 unspecified atom stereocenters. The molecule has 0 N–H and O–H groups in total. The van der Waals surface area contributed by atoms with E-state index in [9.17, 15) is 4.79 Å². The summed E-state index contributed by atoms with van der Waals surface area (Å²) in [4.78, 5) is 19.5. The highest BCUT2D eigenvalue weighted by Gasteiger charge is 2.11. The van der Waals surface area contributed by atoms with Crippen LogP contribution in [0.3, 0.4) is 0 Å². The lowest BCUT2D eigenvalue weighted by Gasteiger charge is -2.03. The molecule has 17 heavy (non-hydrogen) atoms. The van der Waals surface area contributed by atoms with Crippen LogP contribution in [0.2, 0.25) is 5.02 Å². The van der Waals surface area contributed by atoms with E-state index in [-0.39, 0.29) is 5.69 Å². The van der Waals surface area contributed by atoms with Gasteiger partial charge in [-0.05, 0) is 18.2 Å². The van der Waals surface area contributed by atoms with Crippen LogP contribution in [0.25, 0.3) is 11.4 Å². The number of hydrogen-bond donors (Lipinski definition) is 0. The molecule has 1 heterocycles. The van der Waals surface area contributed by atoms with Gasteiger partial charge in [0.05, 0.1) is 12.1 Å². The van der Waals surface area contributed by atoms with Crippen molar-refractivity contribution in [1.29, 1.82) is 0 Å². The number of esters is 1. The molecule has 1 aromatic heterocycles. The van der Waals surface area contributed by atoms with E-state index >= 15 is 0 Å². The summed E-state index contributed by atoms with van der Waals surface area (Å²) in [5, 5.41) is 0.537. The summed E-state index contributed by atoms with van der Waals surface area (Å²) < 4.78 is 4.60. The maximum atomic E-state index is 11.3. The Morgan fingerprint density at radius 3 is 2.76 bits per heavy atom. The number of methoxy groups -OCH3 is 1. The highest BCUT2D eigenvalue weighted by molar-refractivity contribution is 6.33. The normalized spacial score (nSPS) is 10.0. The number of halogens is 1. The van der Waals surface area contributed by atoms with Crippen molar-refractivity contribution in [2.45, 2.75) is 0 Å². The predicted molar refractivity (Wildman–Crippen MR) is 63.8 cm³/mol. The maximum Gasteiger partial charge on any atom is 0.356 e. The number of nitrogens with zero attached hydrogens (tertiary/aromatic N) is 2. The number of hydrogen-bond acceptors (Lipinski definition) is 4. The van der Waals surface area contributed by atoms with E-state index in [1.807, 2.05) is 12.1 Å². The second-order valence-electron chi connectivity index (χ2n) is 3.24. The van der Waals surface area contributed by atoms with Crippen LogP contribution < -0.4 is 0 Å². The van der Waals surface area contributed by atoms with E-state index in [1.165, 1.54) is 19.4 Å². The van der Waals surface area contributed by atoms with E-state index in [2.05, 4.69) is 14.7 Å². The van der Waals surface area contributed by atoms with Crippen LogP contribution in [-0.4, -0.2) is 23.0 Å². The summed E-state index contributed by atoms with van der Waals surface area (Å²) in [6, 6.07) is 8.67. The average molecular weight is 249 g/mol. The lowest BCUT2D eigenvalue weighted by Crippen LogP contribution is -2.05. The van der Waals surface area contributed by atoms with Crippen molar-refractivity contribution < 1.29 is 9.53 Å². The number of benzene rings is 1. The lowest BCUT2D eigenvalue weighted by atomic mass is 10.2. The number of rotatable bonds is 2. The molecule has 0 atom stereocenters. The minimum absolute atomic E-state index is 0.206. The minimum Gasteiger partial charge on any atom is -0.464 e. The molecule has 0 aliphatic heterocycles. The summed E-state index contributed by atoms with van der Waals surface area (Å²) in [6.45, 7) is 0. The van der Waals surface area contributed by atoms with Gasteiger partial charge in [-0.1, -0.05) is 23.7 Å². The first-order valence-electron chi connectivity index (χ1n) is 4.88. The van der Waals surface area contributed by atoms with Gasteiger partial charge in [-0.25, -0.2) is 14.8 Å². The molecule has 0 aliphatic rings. The van der Waals surface area contributed by atoms with Crippen molar-refractivity contribution in [3.8, 4) is 11.4 Å². The Morgan fingerprint density at radius 1 is 1.29 bits per heavy atom. The van der Waals surface area contributed by atoms with Crippen molar-refractivity contribution in [3.05, 3.63) is 47.2 Å². The Morgan fingerprint density at radius 2 is 2.06 bits per heavy atom. The molecule has 0 radical (unpaired) electrons. The zero-order chi connectivity index (χ0) is 12.3. The number of ether oxygens (including phenoxy) is 1. The number of aromatic nitrogens is 2. The first-order valence-corrected chi connectivity index (χ1v) is 5.26. The van der Waals surface area contributed by atoms with Crippen LogP contribution in [0.5, 0.6) is 0 Å². The van der Waals surface area contributed by atoms with Crippen LogP contribution in [0, 0.1) is 0 Å². The second kappa shape index (κ2) is 4.93. The molecule has 4 nitrogen and oxygen atoms in total. The van der Waals surface area contributed by atoms with E-state index in [0.717, 1.165) is 0 Å². The molecule has 0 saturated heterocycles. The Bertz CT molecular complexity index is 558. The number of carbonyl (C=O) groups is 1. The molecule has 5 heteroatoms. The van der Waals surface area contributed by atoms with Crippen LogP contribution in [0.4, 0.5) is 0 Å². The second-order valence-corrected chi connectivity index (χ2v) is 3.64. The highest BCUT2D eigenvalue weighted by Crippen LogP contribution is 2.24. The third-order valence-corrected chi connectivity index (χ3v) is 2.49. The molecular formula is C12H9ClN2O2. The van der Waals surface area contributed by atoms with Gasteiger partial charge < -0.3 is 4.74 Å². The van der Waals surface area contributed by atoms with E-state index in [0.29, 0.717) is 16.4 Å². The highest BCUT2D eigenvalue weighted by atomic mass is 35.5. The fraction of sp³-hybridized carbons (Fsp3) is 0.0833. The standard InChI is InChI=1S/C12H9ClN2O2/c1-17-12(16)10-6-7-14-11(15-10)8-4-2-3-5-9(8)13/h2-7H,1H3. The summed E-state index contributed by atoms with van der Waals surface area (Å²) in [7, 11) is 1.31. The SMILES string of the molecule is COC(=O)c1ccnc(-c2ccccc2Cl)n1. The number of carbonyl (C=O) groups excluding carboxylic acids is 1. The lowest BCUT2D eigenvalue weighted by molar-refractivity contribution is 0.0594. The molecule has 0 saturated carbocycles. The molecule has 0 bridgehead atoms. The minimum atomic E-state index is -0.499. The van der Waals surface area contributed by atoms with Crippen molar-refractivity contribution in [1.82, 2.24) is 9.97 Å². The van der Waals surface area contributed by atoms with Crippen LogP contribution in [0.15, 0.2) is 36.5 Å². The van der Waals surface area contributed by atoms with E-state index in [1.54, 1.807) is 12.1 Å². The predicted octanol–water partition coefficient (Wildman–Crippen LogP) is 2.58. The van der Waals surface area contributed by atoms with Gasteiger partial charge in [0.2, 0.25) is 0 Å². The van der Waals surface area contributed by atoms with Crippen molar-refractivity contribution in [3.63, 3.8) is 0 Å². The van der Waals surface area contributed by atoms with Crippen molar-refractivity contribution >= 4 is 17.6 Å². The quantitative estimate of drug-likeness (QED) is 0.767. The topological polar surface area (TPSA) is 52.1 Å². The van der Waals surface area contributed by atoms with Gasteiger partial charge >= 0.3 is 5.97 Å². The maximum absolute atomic E-state index is 11.3. The van der Waals surface area contributed by atoms with Gasteiger partial charge in [-0.3, -0.25) is 0 Å². The van der Waals surface area contributed by atoms with Crippen LogP contribution in [0.1, 0.15) is 10.5 Å². The summed E-state index contributed by atoms with van der Waals surface area (Å²) in [5.41, 5.74) is 0.886. The summed E-state index contributed by atoms with van der Waals surface area (Å²) in [6.07, 6.45) is 1.50. The summed E-state index contributed by atoms with van der Waals surface area (Å²) in [5.74, 6) is -0.0980. The molecule has 1 aromatic carbocycles. The molecule has 0 aliphatic carbocycles. The Balaban J connectivity index is 2.47. The van der Waals surface area contributed by atoms with Gasteiger partial charge in [-0.15, -0.1) is 0 Å². The van der Waals surface area contributed by atoms with Crippen LogP contribution in [-0.2, 0) is 4.74 Å². The Labute approximate surface area is 103 Å². The fourth-order valence-corrected chi connectivity index (χ4v) is 1.57. The van der Waals surface area contributed by atoms with Crippen molar-refractivity contribution in [2.24, 2.45) is 0 Å². The first-order chi connectivity index (χ1) is 8.22. The van der Waals surface area contributed by atoms with E-state index in [4.69, 9.17) is 11.6 Å². The molecule has 86 valence electrons. The molecule has 0 fully saturated rings. The van der Waals surface area contributed by atoms with Gasteiger partial charge in [-0.2, -0.15) is 0 Å². The fourth-order valence-electron chi connectivity index (χ4n) is 1.35. The zero-order valence-electron chi connectivity index (χ0n) is 9.05. The van der Waals surface area contributed by atoms with Gasteiger partial charge in [0.15, 0.2) is 11.5 Å². The average Bonchev–Trinajstić information content (AvgIpc) is 2.38. The first kappa shape index (κ1) is 11.5.